The van der Waals surface area contributed by atoms with Crippen molar-refractivity contribution in [2.75, 3.05) is 11.9 Å². The summed E-state index contributed by atoms with van der Waals surface area (Å²) in [6.07, 6.45) is 3.67. The maximum atomic E-state index is 14.1. The Balaban J connectivity index is 1.58. The number of rotatable bonds is 3. The highest BCUT2D eigenvalue weighted by atomic mass is 35.5. The summed E-state index contributed by atoms with van der Waals surface area (Å²) in [6, 6.07) is 15.5. The molecule has 2 unspecified atom stereocenters. The second-order valence-corrected chi connectivity index (χ2v) is 9.29. The number of nitrogens with zero attached hydrogens (tertiary/aromatic N) is 3. The fraction of sp³-hybridized carbons (Fsp3) is 0.280. The number of benzene rings is 2. The van der Waals surface area contributed by atoms with Crippen LogP contribution in [-0.2, 0) is 4.79 Å². The predicted octanol–water partition coefficient (Wildman–Crippen LogP) is 6.15. The molecule has 2 aliphatic rings. The highest BCUT2D eigenvalue weighted by Crippen LogP contribution is 2.41. The minimum atomic E-state index is -0.387. The third-order valence-corrected chi connectivity index (χ3v) is 7.08. The Morgan fingerprint density at radius 3 is 2.69 bits per heavy atom. The summed E-state index contributed by atoms with van der Waals surface area (Å²) >= 11 is 12.5. The van der Waals surface area contributed by atoms with Crippen LogP contribution in [0.3, 0.4) is 0 Å². The number of likely N-dealkylation sites (tertiary alicyclic amines) is 1. The van der Waals surface area contributed by atoms with Crippen LogP contribution in [0.15, 0.2) is 66.0 Å². The van der Waals surface area contributed by atoms with Crippen LogP contribution in [0.2, 0.25) is 10.0 Å². The Bertz CT molecular complexity index is 1230. The third-order valence-electron chi connectivity index (χ3n) is 6.34. The molecule has 1 amide bonds. The SMILES string of the molecule is CC1=C(C(=O)N2CCCC2c2cccc(C)c2)C(c2ccc(Cl)c(Cl)c2)n2nccc2N1. The highest BCUT2D eigenvalue weighted by molar-refractivity contribution is 6.42. The van der Waals surface area contributed by atoms with Crippen LogP contribution in [0.1, 0.15) is 48.5 Å². The largest absolute Gasteiger partial charge is 0.344 e. The Labute approximate surface area is 197 Å². The molecular formula is C25H24Cl2N4O. The average molecular weight is 467 g/mol. The van der Waals surface area contributed by atoms with Gasteiger partial charge in [-0.15, -0.1) is 0 Å². The van der Waals surface area contributed by atoms with E-state index in [0.717, 1.165) is 36.5 Å². The molecule has 1 aromatic heterocycles. The molecule has 5 rings (SSSR count). The minimum absolute atomic E-state index is 0.0243. The number of aromatic nitrogens is 2. The normalized spacial score (nSPS) is 20.3. The second-order valence-electron chi connectivity index (χ2n) is 8.47. The minimum Gasteiger partial charge on any atom is -0.344 e. The van der Waals surface area contributed by atoms with Gasteiger partial charge in [-0.05, 0) is 49.9 Å². The van der Waals surface area contributed by atoms with Crippen LogP contribution < -0.4 is 5.32 Å². The van der Waals surface area contributed by atoms with Crippen LogP contribution in [-0.4, -0.2) is 27.1 Å². The number of amides is 1. The molecule has 2 atom stereocenters. The van der Waals surface area contributed by atoms with Crippen LogP contribution in [0, 0.1) is 6.92 Å². The monoisotopic (exact) mass is 466 g/mol. The van der Waals surface area contributed by atoms with Gasteiger partial charge in [-0.1, -0.05) is 59.1 Å². The molecule has 0 radical (unpaired) electrons. The molecule has 2 aromatic carbocycles. The molecule has 164 valence electrons. The second kappa shape index (κ2) is 8.30. The number of aryl methyl sites for hydroxylation is 1. The Hall–Kier alpha value is -2.76. The quantitative estimate of drug-likeness (QED) is 0.503. The molecule has 7 heteroatoms. The number of fused-ring (bicyclic) bond motifs is 1. The summed E-state index contributed by atoms with van der Waals surface area (Å²) in [5.74, 6) is 0.864. The molecule has 5 nitrogen and oxygen atoms in total. The van der Waals surface area contributed by atoms with Gasteiger partial charge in [0.2, 0.25) is 0 Å². The fourth-order valence-electron chi connectivity index (χ4n) is 4.86. The van der Waals surface area contributed by atoms with Crippen LogP contribution in [0.4, 0.5) is 5.82 Å². The van der Waals surface area contributed by atoms with Gasteiger partial charge in [0.15, 0.2) is 0 Å². The summed E-state index contributed by atoms with van der Waals surface area (Å²) in [6.45, 7) is 4.77. The van der Waals surface area contributed by atoms with Gasteiger partial charge in [-0.3, -0.25) is 4.79 Å². The number of carbonyl (C=O) groups excluding carboxylic acids is 1. The molecule has 3 aromatic rings. The van der Waals surface area contributed by atoms with Gasteiger partial charge in [0.25, 0.3) is 5.91 Å². The van der Waals surface area contributed by atoms with E-state index in [1.54, 1.807) is 12.3 Å². The van der Waals surface area contributed by atoms with E-state index in [2.05, 4.69) is 41.6 Å². The summed E-state index contributed by atoms with van der Waals surface area (Å²) in [5.41, 5.74) is 4.77. The molecule has 1 N–H and O–H groups in total. The number of anilines is 1. The molecule has 0 saturated carbocycles. The van der Waals surface area contributed by atoms with Crippen molar-refractivity contribution in [1.82, 2.24) is 14.7 Å². The number of allylic oxidation sites excluding steroid dienone is 1. The summed E-state index contributed by atoms with van der Waals surface area (Å²) in [4.78, 5) is 16.1. The van der Waals surface area contributed by atoms with Crippen molar-refractivity contribution in [2.45, 2.75) is 38.8 Å². The van der Waals surface area contributed by atoms with Crippen molar-refractivity contribution in [3.8, 4) is 0 Å². The van der Waals surface area contributed by atoms with E-state index in [-0.39, 0.29) is 18.0 Å². The van der Waals surface area contributed by atoms with Crippen molar-refractivity contribution in [1.29, 1.82) is 0 Å². The van der Waals surface area contributed by atoms with E-state index in [1.807, 2.05) is 34.7 Å². The molecule has 3 heterocycles. The molecule has 32 heavy (non-hydrogen) atoms. The van der Waals surface area contributed by atoms with E-state index in [1.165, 1.54) is 11.1 Å². The third kappa shape index (κ3) is 3.59. The molecule has 0 bridgehead atoms. The lowest BCUT2D eigenvalue weighted by molar-refractivity contribution is -0.128. The van der Waals surface area contributed by atoms with Gasteiger partial charge in [-0.25, -0.2) is 4.68 Å². The Morgan fingerprint density at radius 1 is 1.06 bits per heavy atom. The summed E-state index contributed by atoms with van der Waals surface area (Å²) in [5, 5.41) is 8.82. The Morgan fingerprint density at radius 2 is 1.91 bits per heavy atom. The lowest BCUT2D eigenvalue weighted by Crippen LogP contribution is -2.38. The predicted molar refractivity (Wildman–Crippen MR) is 128 cm³/mol. The molecule has 0 spiro atoms. The topological polar surface area (TPSA) is 50.2 Å². The van der Waals surface area contributed by atoms with E-state index in [4.69, 9.17) is 23.2 Å². The van der Waals surface area contributed by atoms with Gasteiger partial charge >= 0.3 is 0 Å². The van der Waals surface area contributed by atoms with E-state index < -0.39 is 0 Å². The van der Waals surface area contributed by atoms with Gasteiger partial charge in [0, 0.05) is 18.3 Å². The van der Waals surface area contributed by atoms with Gasteiger partial charge in [0.1, 0.15) is 11.9 Å². The first-order valence-corrected chi connectivity index (χ1v) is 11.5. The zero-order valence-electron chi connectivity index (χ0n) is 18.0. The first kappa shape index (κ1) is 21.1. The lowest BCUT2D eigenvalue weighted by Gasteiger charge is -2.34. The average Bonchev–Trinajstić information content (AvgIpc) is 3.44. The summed E-state index contributed by atoms with van der Waals surface area (Å²) in [7, 11) is 0. The van der Waals surface area contributed by atoms with Crippen molar-refractivity contribution >= 4 is 34.9 Å². The molecule has 0 aliphatic carbocycles. The van der Waals surface area contributed by atoms with Gasteiger partial charge in [0.05, 0.1) is 27.9 Å². The first-order chi connectivity index (χ1) is 15.4. The summed E-state index contributed by atoms with van der Waals surface area (Å²) < 4.78 is 1.84. The van der Waals surface area contributed by atoms with Crippen molar-refractivity contribution in [2.24, 2.45) is 0 Å². The molecule has 1 saturated heterocycles. The number of hydrogen-bond acceptors (Lipinski definition) is 3. The fourth-order valence-corrected chi connectivity index (χ4v) is 5.17. The molecule has 2 aliphatic heterocycles. The van der Waals surface area contributed by atoms with E-state index in [0.29, 0.717) is 15.6 Å². The van der Waals surface area contributed by atoms with E-state index >= 15 is 0 Å². The molecular weight excluding hydrogens is 443 g/mol. The number of hydrogen-bond donors (Lipinski definition) is 1. The lowest BCUT2D eigenvalue weighted by atomic mass is 9.93. The van der Waals surface area contributed by atoms with Crippen LogP contribution >= 0.6 is 23.2 Å². The van der Waals surface area contributed by atoms with Crippen molar-refractivity contribution < 1.29 is 4.79 Å². The van der Waals surface area contributed by atoms with Crippen LogP contribution in [0.25, 0.3) is 0 Å². The van der Waals surface area contributed by atoms with Crippen LogP contribution in [0.5, 0.6) is 0 Å². The number of carbonyl (C=O) groups is 1. The van der Waals surface area contributed by atoms with Crippen molar-refractivity contribution in [3.05, 3.63) is 92.7 Å². The van der Waals surface area contributed by atoms with Gasteiger partial charge in [-0.2, -0.15) is 5.10 Å². The smallest absolute Gasteiger partial charge is 0.254 e. The molecule has 1 fully saturated rings. The maximum absolute atomic E-state index is 14.1. The highest BCUT2D eigenvalue weighted by Gasteiger charge is 2.39. The first-order valence-electron chi connectivity index (χ1n) is 10.8. The van der Waals surface area contributed by atoms with E-state index in [9.17, 15) is 4.79 Å². The zero-order chi connectivity index (χ0) is 22.4. The Kier molecular flexibility index (Phi) is 5.48. The standard InChI is InChI=1S/C25H24Cl2N4O/c1-15-5-3-6-17(13-15)21-7-4-12-30(21)25(32)23-16(2)29-22-10-11-28-31(22)24(23)18-8-9-19(26)20(27)14-18/h3,5-6,8-11,13-14,21,24,29H,4,7,12H2,1-2H3. The number of nitrogens with one attached hydrogen (secondary N) is 1. The number of halogens is 2. The maximum Gasteiger partial charge on any atom is 0.254 e. The zero-order valence-corrected chi connectivity index (χ0v) is 19.5. The van der Waals surface area contributed by atoms with Crippen molar-refractivity contribution in [3.63, 3.8) is 0 Å². The van der Waals surface area contributed by atoms with Gasteiger partial charge < -0.3 is 10.2 Å².